The second-order valence-corrected chi connectivity index (χ2v) is 6.73. The number of benzene rings is 1. The average molecular weight is 382 g/mol. The third-order valence-corrected chi connectivity index (χ3v) is 4.02. The number of hydrogen-bond donors (Lipinski definition) is 5. The van der Waals surface area contributed by atoms with Gasteiger partial charge < -0.3 is 26.2 Å². The SMILES string of the molecule is CCC.CNC(=O)NCCCCCCN[C@H](CO)[C@H](O)c1ccc(C)cc1. The number of aliphatic hydroxyl groups excluding tert-OH is 2. The molecule has 0 aromatic heterocycles. The van der Waals surface area contributed by atoms with Crippen molar-refractivity contribution >= 4 is 6.03 Å². The fourth-order valence-electron chi connectivity index (χ4n) is 2.45. The van der Waals surface area contributed by atoms with Gasteiger partial charge in [-0.25, -0.2) is 4.79 Å². The Morgan fingerprint density at radius 2 is 1.59 bits per heavy atom. The number of amides is 2. The molecule has 0 aliphatic rings. The van der Waals surface area contributed by atoms with Crippen molar-refractivity contribution in [2.45, 2.75) is 65.0 Å². The summed E-state index contributed by atoms with van der Waals surface area (Å²) in [5.74, 6) is 0. The molecule has 156 valence electrons. The van der Waals surface area contributed by atoms with Crippen molar-refractivity contribution in [3.05, 3.63) is 35.4 Å². The van der Waals surface area contributed by atoms with Crippen LogP contribution in [0.15, 0.2) is 24.3 Å². The quantitative estimate of drug-likeness (QED) is 0.381. The molecule has 1 rings (SSSR count). The maximum absolute atomic E-state index is 11.0. The number of aliphatic hydroxyl groups is 2. The van der Waals surface area contributed by atoms with Crippen LogP contribution >= 0.6 is 0 Å². The summed E-state index contributed by atoms with van der Waals surface area (Å²) >= 11 is 0. The van der Waals surface area contributed by atoms with Crippen molar-refractivity contribution in [3.8, 4) is 0 Å². The minimum Gasteiger partial charge on any atom is -0.395 e. The molecule has 0 saturated heterocycles. The van der Waals surface area contributed by atoms with Crippen LogP contribution in [-0.2, 0) is 0 Å². The average Bonchev–Trinajstić information content (AvgIpc) is 2.67. The normalized spacial score (nSPS) is 12.5. The van der Waals surface area contributed by atoms with E-state index in [9.17, 15) is 15.0 Å². The lowest BCUT2D eigenvalue weighted by Crippen LogP contribution is -2.38. The number of unbranched alkanes of at least 4 members (excludes halogenated alkanes) is 3. The molecule has 1 aromatic carbocycles. The predicted molar refractivity (Wildman–Crippen MR) is 112 cm³/mol. The maximum Gasteiger partial charge on any atom is 0.314 e. The number of rotatable bonds is 11. The Kier molecular flexibility index (Phi) is 15.5. The van der Waals surface area contributed by atoms with Gasteiger partial charge in [0.1, 0.15) is 0 Å². The molecule has 0 spiro atoms. The Hall–Kier alpha value is -1.63. The molecular formula is C21H39N3O3. The molecule has 0 bridgehead atoms. The highest BCUT2D eigenvalue weighted by Crippen LogP contribution is 2.17. The van der Waals surface area contributed by atoms with Crippen LogP contribution in [0.1, 0.15) is 63.2 Å². The van der Waals surface area contributed by atoms with Crippen LogP contribution in [0, 0.1) is 6.92 Å². The van der Waals surface area contributed by atoms with Crippen molar-refractivity contribution < 1.29 is 15.0 Å². The minimum absolute atomic E-state index is 0.106. The second-order valence-electron chi connectivity index (χ2n) is 6.73. The van der Waals surface area contributed by atoms with Gasteiger partial charge >= 0.3 is 6.03 Å². The second kappa shape index (κ2) is 16.5. The summed E-state index contributed by atoms with van der Waals surface area (Å²) in [5, 5.41) is 28.3. The Balaban J connectivity index is 0.00000210. The largest absolute Gasteiger partial charge is 0.395 e. The summed E-state index contributed by atoms with van der Waals surface area (Å²) in [4.78, 5) is 11.0. The highest BCUT2D eigenvalue weighted by Gasteiger charge is 2.19. The third-order valence-electron chi connectivity index (χ3n) is 4.02. The molecule has 0 aliphatic heterocycles. The molecule has 0 heterocycles. The van der Waals surface area contributed by atoms with Gasteiger partial charge in [0.2, 0.25) is 0 Å². The Morgan fingerprint density at radius 3 is 2.11 bits per heavy atom. The van der Waals surface area contributed by atoms with Crippen molar-refractivity contribution in [1.82, 2.24) is 16.0 Å². The van der Waals surface area contributed by atoms with E-state index in [1.54, 1.807) is 7.05 Å². The molecule has 0 radical (unpaired) electrons. The van der Waals surface area contributed by atoms with E-state index in [1.807, 2.05) is 31.2 Å². The zero-order valence-electron chi connectivity index (χ0n) is 17.4. The van der Waals surface area contributed by atoms with E-state index in [-0.39, 0.29) is 18.7 Å². The molecule has 2 amide bonds. The van der Waals surface area contributed by atoms with Crippen LogP contribution in [-0.4, -0.2) is 49.0 Å². The van der Waals surface area contributed by atoms with E-state index in [4.69, 9.17) is 0 Å². The first-order valence-electron chi connectivity index (χ1n) is 10.0. The number of urea groups is 1. The van der Waals surface area contributed by atoms with Crippen LogP contribution in [0.25, 0.3) is 0 Å². The number of hydrogen-bond acceptors (Lipinski definition) is 4. The van der Waals surface area contributed by atoms with E-state index in [1.165, 1.54) is 6.42 Å². The molecule has 0 unspecified atom stereocenters. The lowest BCUT2D eigenvalue weighted by Gasteiger charge is -2.23. The molecule has 1 aromatic rings. The van der Waals surface area contributed by atoms with Gasteiger partial charge in [-0.05, 0) is 31.9 Å². The van der Waals surface area contributed by atoms with E-state index >= 15 is 0 Å². The van der Waals surface area contributed by atoms with Crippen LogP contribution in [0.2, 0.25) is 0 Å². The van der Waals surface area contributed by atoms with Gasteiger partial charge in [0.15, 0.2) is 0 Å². The van der Waals surface area contributed by atoms with Gasteiger partial charge in [0, 0.05) is 13.6 Å². The van der Waals surface area contributed by atoms with Gasteiger partial charge in [-0.15, -0.1) is 0 Å². The Morgan fingerprint density at radius 1 is 1.04 bits per heavy atom. The van der Waals surface area contributed by atoms with Crippen molar-refractivity contribution in [3.63, 3.8) is 0 Å². The molecular weight excluding hydrogens is 342 g/mol. The molecule has 0 saturated carbocycles. The summed E-state index contributed by atoms with van der Waals surface area (Å²) in [6, 6.07) is 7.20. The van der Waals surface area contributed by atoms with E-state index in [2.05, 4.69) is 29.8 Å². The van der Waals surface area contributed by atoms with Gasteiger partial charge in [-0.1, -0.05) is 62.9 Å². The molecule has 2 atom stereocenters. The van der Waals surface area contributed by atoms with Crippen LogP contribution in [0.3, 0.4) is 0 Å². The smallest absolute Gasteiger partial charge is 0.314 e. The Bertz CT molecular complexity index is 480. The highest BCUT2D eigenvalue weighted by atomic mass is 16.3. The first-order valence-corrected chi connectivity index (χ1v) is 10.0. The van der Waals surface area contributed by atoms with Gasteiger partial charge in [-0.2, -0.15) is 0 Å². The van der Waals surface area contributed by atoms with Gasteiger partial charge in [0.05, 0.1) is 18.8 Å². The van der Waals surface area contributed by atoms with E-state index in [0.29, 0.717) is 6.54 Å². The first-order chi connectivity index (χ1) is 13.0. The fourth-order valence-corrected chi connectivity index (χ4v) is 2.45. The minimum atomic E-state index is -0.715. The molecule has 6 heteroatoms. The van der Waals surface area contributed by atoms with Gasteiger partial charge in [-0.3, -0.25) is 0 Å². The monoisotopic (exact) mass is 381 g/mol. The summed E-state index contributed by atoms with van der Waals surface area (Å²) in [6.45, 7) is 7.57. The number of nitrogens with one attached hydrogen (secondary N) is 3. The maximum atomic E-state index is 11.0. The number of aryl methyl sites for hydroxylation is 1. The van der Waals surface area contributed by atoms with Crippen molar-refractivity contribution in [1.29, 1.82) is 0 Å². The van der Waals surface area contributed by atoms with Crippen LogP contribution in [0.4, 0.5) is 4.79 Å². The third kappa shape index (κ3) is 12.4. The zero-order valence-corrected chi connectivity index (χ0v) is 17.4. The summed E-state index contributed by atoms with van der Waals surface area (Å²) in [5.41, 5.74) is 1.96. The standard InChI is InChI=1S/C18H31N3O3.C3H8/c1-14-7-9-15(10-8-14)17(23)16(13-22)20-11-5-3-4-6-12-21-18(24)19-2;1-3-2/h7-10,16-17,20,22-23H,3-6,11-13H2,1-2H3,(H2,19,21,24);3H2,1-2H3/t16-,17-;/m1./s1. The number of carbonyl (C=O) groups is 1. The molecule has 0 aliphatic carbocycles. The molecule has 6 nitrogen and oxygen atoms in total. The lowest BCUT2D eigenvalue weighted by atomic mass is 10.0. The van der Waals surface area contributed by atoms with Crippen molar-refractivity contribution in [2.75, 3.05) is 26.7 Å². The molecule has 27 heavy (non-hydrogen) atoms. The number of carbonyl (C=O) groups excluding carboxylic acids is 1. The predicted octanol–water partition coefficient (Wildman–Crippen LogP) is 2.88. The van der Waals surface area contributed by atoms with Crippen molar-refractivity contribution in [2.24, 2.45) is 0 Å². The summed E-state index contributed by atoms with van der Waals surface area (Å²) in [7, 11) is 1.60. The molecule has 0 fully saturated rings. The van der Waals surface area contributed by atoms with Crippen LogP contribution < -0.4 is 16.0 Å². The van der Waals surface area contributed by atoms with Crippen LogP contribution in [0.5, 0.6) is 0 Å². The highest BCUT2D eigenvalue weighted by molar-refractivity contribution is 5.73. The summed E-state index contributed by atoms with van der Waals surface area (Å²) < 4.78 is 0. The van der Waals surface area contributed by atoms with Gasteiger partial charge in [0.25, 0.3) is 0 Å². The summed E-state index contributed by atoms with van der Waals surface area (Å²) in [6.07, 6.45) is 4.53. The lowest BCUT2D eigenvalue weighted by molar-refractivity contribution is 0.0899. The topological polar surface area (TPSA) is 93.6 Å². The van der Waals surface area contributed by atoms with E-state index < -0.39 is 6.10 Å². The zero-order chi connectivity index (χ0) is 20.5. The fraction of sp³-hybridized carbons (Fsp3) is 0.667. The first kappa shape index (κ1) is 25.4. The molecule has 5 N–H and O–H groups in total. The van der Waals surface area contributed by atoms with E-state index in [0.717, 1.165) is 43.4 Å². The Labute approximate surface area is 164 Å².